The Morgan fingerprint density at radius 3 is 2.33 bits per heavy atom. The van der Waals surface area contributed by atoms with Crippen LogP contribution in [0.25, 0.3) is 0 Å². The molecule has 0 aromatic rings. The summed E-state index contributed by atoms with van der Waals surface area (Å²) in [4.78, 5) is 0. The predicted molar refractivity (Wildman–Crippen MR) is 67.3 cm³/mol. The second-order valence-electron chi connectivity index (χ2n) is 5.48. The summed E-state index contributed by atoms with van der Waals surface area (Å²) in [5, 5.41) is 9.91. The standard InChI is InChI=1S/C11H22N2O4S/c1-9-6-13(7-10(2)17-9)18(15,16)12-8-11(14)4-3-5-11/h9-10,12,14H,3-8H2,1-2H3. The second kappa shape index (κ2) is 5.05. The summed E-state index contributed by atoms with van der Waals surface area (Å²) in [6.45, 7) is 4.54. The zero-order valence-electron chi connectivity index (χ0n) is 10.9. The smallest absolute Gasteiger partial charge is 0.279 e. The minimum atomic E-state index is -3.52. The summed E-state index contributed by atoms with van der Waals surface area (Å²) in [6.07, 6.45) is 2.11. The fourth-order valence-electron chi connectivity index (χ4n) is 2.41. The molecule has 1 saturated heterocycles. The Hall–Kier alpha value is -0.210. The van der Waals surface area contributed by atoms with Crippen molar-refractivity contribution >= 4 is 10.2 Å². The van der Waals surface area contributed by atoms with Crippen molar-refractivity contribution in [2.75, 3.05) is 19.6 Å². The van der Waals surface area contributed by atoms with Crippen LogP contribution in [0, 0.1) is 0 Å². The van der Waals surface area contributed by atoms with Crippen molar-refractivity contribution < 1.29 is 18.3 Å². The van der Waals surface area contributed by atoms with Crippen LogP contribution in [0.15, 0.2) is 0 Å². The highest BCUT2D eigenvalue weighted by Crippen LogP contribution is 2.30. The van der Waals surface area contributed by atoms with Crippen LogP contribution in [0.4, 0.5) is 0 Å². The van der Waals surface area contributed by atoms with E-state index in [0.29, 0.717) is 25.9 Å². The van der Waals surface area contributed by atoms with E-state index in [2.05, 4.69) is 4.72 Å². The van der Waals surface area contributed by atoms with Crippen molar-refractivity contribution in [3.05, 3.63) is 0 Å². The summed E-state index contributed by atoms with van der Waals surface area (Å²) in [5.74, 6) is 0. The van der Waals surface area contributed by atoms with Crippen LogP contribution in [0.5, 0.6) is 0 Å². The number of nitrogens with zero attached hydrogens (tertiary/aromatic N) is 1. The lowest BCUT2D eigenvalue weighted by Crippen LogP contribution is -2.55. The van der Waals surface area contributed by atoms with E-state index in [1.165, 1.54) is 4.31 Å². The quantitative estimate of drug-likeness (QED) is 0.749. The maximum Gasteiger partial charge on any atom is 0.279 e. The van der Waals surface area contributed by atoms with Gasteiger partial charge in [0.05, 0.1) is 17.8 Å². The lowest BCUT2D eigenvalue weighted by atomic mass is 9.81. The Morgan fingerprint density at radius 1 is 1.33 bits per heavy atom. The van der Waals surface area contributed by atoms with Gasteiger partial charge in [-0.2, -0.15) is 17.4 Å². The van der Waals surface area contributed by atoms with Gasteiger partial charge in [0.15, 0.2) is 0 Å². The summed E-state index contributed by atoms with van der Waals surface area (Å²) in [7, 11) is -3.52. The van der Waals surface area contributed by atoms with Crippen LogP contribution >= 0.6 is 0 Å². The summed E-state index contributed by atoms with van der Waals surface area (Å²) >= 11 is 0. The van der Waals surface area contributed by atoms with Gasteiger partial charge in [-0.25, -0.2) is 0 Å². The SMILES string of the molecule is CC1CN(S(=O)(=O)NCC2(O)CCC2)CC(C)O1. The summed E-state index contributed by atoms with van der Waals surface area (Å²) < 4.78 is 33.6. The number of aliphatic hydroxyl groups is 1. The maximum absolute atomic E-state index is 12.1. The van der Waals surface area contributed by atoms with Crippen molar-refractivity contribution in [1.82, 2.24) is 9.03 Å². The monoisotopic (exact) mass is 278 g/mol. The second-order valence-corrected chi connectivity index (χ2v) is 7.23. The zero-order chi connectivity index (χ0) is 13.4. The molecule has 2 unspecified atom stereocenters. The highest BCUT2D eigenvalue weighted by Gasteiger charge is 2.37. The molecule has 7 heteroatoms. The largest absolute Gasteiger partial charge is 0.389 e. The molecule has 2 fully saturated rings. The average Bonchev–Trinajstić information content (AvgIpc) is 2.22. The van der Waals surface area contributed by atoms with Gasteiger partial charge in [0, 0.05) is 19.6 Å². The number of rotatable bonds is 4. The third-order valence-electron chi connectivity index (χ3n) is 3.59. The molecular weight excluding hydrogens is 256 g/mol. The van der Waals surface area contributed by atoms with Gasteiger partial charge in [-0.3, -0.25) is 0 Å². The molecule has 1 saturated carbocycles. The van der Waals surface area contributed by atoms with Gasteiger partial charge in [0.1, 0.15) is 0 Å². The fraction of sp³-hybridized carbons (Fsp3) is 1.00. The van der Waals surface area contributed by atoms with Crippen molar-refractivity contribution in [3.63, 3.8) is 0 Å². The van der Waals surface area contributed by atoms with Crippen LogP contribution in [-0.2, 0) is 14.9 Å². The van der Waals surface area contributed by atoms with Crippen molar-refractivity contribution in [1.29, 1.82) is 0 Å². The summed E-state index contributed by atoms with van der Waals surface area (Å²) in [6, 6.07) is 0. The predicted octanol–water partition coefficient (Wildman–Crippen LogP) is -0.155. The zero-order valence-corrected chi connectivity index (χ0v) is 11.7. The fourth-order valence-corrected chi connectivity index (χ4v) is 3.85. The van der Waals surface area contributed by atoms with E-state index in [1.54, 1.807) is 0 Å². The minimum absolute atomic E-state index is 0.0999. The van der Waals surface area contributed by atoms with Crippen molar-refractivity contribution in [3.8, 4) is 0 Å². The molecule has 0 aromatic heterocycles. The number of nitrogens with one attached hydrogen (secondary N) is 1. The first kappa shape index (κ1) is 14.2. The first-order valence-electron chi connectivity index (χ1n) is 6.43. The van der Waals surface area contributed by atoms with Crippen LogP contribution in [0.2, 0.25) is 0 Å². The summed E-state index contributed by atoms with van der Waals surface area (Å²) in [5.41, 5.74) is -0.837. The van der Waals surface area contributed by atoms with Gasteiger partial charge < -0.3 is 9.84 Å². The molecule has 2 N–H and O–H groups in total. The molecule has 2 aliphatic rings. The molecule has 0 amide bonds. The molecule has 1 aliphatic carbocycles. The first-order chi connectivity index (χ1) is 8.31. The average molecular weight is 278 g/mol. The van der Waals surface area contributed by atoms with Crippen LogP contribution in [-0.4, -0.2) is 55.3 Å². The highest BCUT2D eigenvalue weighted by molar-refractivity contribution is 7.87. The Morgan fingerprint density at radius 2 is 1.89 bits per heavy atom. The van der Waals surface area contributed by atoms with Gasteiger partial charge in [0.2, 0.25) is 0 Å². The number of hydrogen-bond donors (Lipinski definition) is 2. The molecule has 18 heavy (non-hydrogen) atoms. The van der Waals surface area contributed by atoms with E-state index in [0.717, 1.165) is 6.42 Å². The molecule has 0 aromatic carbocycles. The highest BCUT2D eigenvalue weighted by atomic mass is 32.2. The van der Waals surface area contributed by atoms with E-state index in [9.17, 15) is 13.5 Å². The molecule has 1 aliphatic heterocycles. The lowest BCUT2D eigenvalue weighted by Gasteiger charge is -2.38. The molecule has 0 spiro atoms. The van der Waals surface area contributed by atoms with Gasteiger partial charge >= 0.3 is 0 Å². The van der Waals surface area contributed by atoms with Crippen LogP contribution in [0.3, 0.4) is 0 Å². The molecule has 6 nitrogen and oxygen atoms in total. The Kier molecular flexibility index (Phi) is 3.99. The normalized spacial score (nSPS) is 33.1. The Balaban J connectivity index is 1.93. The third-order valence-corrected chi connectivity index (χ3v) is 5.08. The van der Waals surface area contributed by atoms with Crippen molar-refractivity contribution in [2.24, 2.45) is 0 Å². The molecule has 1 heterocycles. The van der Waals surface area contributed by atoms with E-state index < -0.39 is 15.8 Å². The Bertz CT molecular complexity index is 384. The molecular formula is C11H22N2O4S. The molecule has 0 radical (unpaired) electrons. The number of ether oxygens (including phenoxy) is 1. The number of hydrogen-bond acceptors (Lipinski definition) is 4. The van der Waals surface area contributed by atoms with E-state index in [4.69, 9.17) is 4.74 Å². The van der Waals surface area contributed by atoms with E-state index in [1.807, 2.05) is 13.8 Å². The van der Waals surface area contributed by atoms with E-state index >= 15 is 0 Å². The Labute approximate surface area is 108 Å². The molecule has 2 atom stereocenters. The van der Waals surface area contributed by atoms with Gasteiger partial charge in [0.25, 0.3) is 10.2 Å². The van der Waals surface area contributed by atoms with Crippen LogP contribution < -0.4 is 4.72 Å². The topological polar surface area (TPSA) is 78.9 Å². The lowest BCUT2D eigenvalue weighted by molar-refractivity contribution is -0.0456. The van der Waals surface area contributed by atoms with Gasteiger partial charge in [-0.1, -0.05) is 0 Å². The molecule has 106 valence electrons. The van der Waals surface area contributed by atoms with E-state index in [-0.39, 0.29) is 18.8 Å². The van der Waals surface area contributed by atoms with Crippen molar-refractivity contribution in [2.45, 2.75) is 50.9 Å². The van der Waals surface area contributed by atoms with Gasteiger partial charge in [-0.05, 0) is 33.1 Å². The van der Waals surface area contributed by atoms with Crippen LogP contribution in [0.1, 0.15) is 33.1 Å². The minimum Gasteiger partial charge on any atom is -0.389 e. The van der Waals surface area contributed by atoms with Gasteiger partial charge in [-0.15, -0.1) is 0 Å². The molecule has 0 bridgehead atoms. The first-order valence-corrected chi connectivity index (χ1v) is 7.87. The number of morpholine rings is 1. The molecule has 2 rings (SSSR count). The third kappa shape index (κ3) is 3.21. The maximum atomic E-state index is 12.1.